The van der Waals surface area contributed by atoms with E-state index in [0.717, 1.165) is 25.4 Å². The van der Waals surface area contributed by atoms with Crippen LogP contribution in [0.5, 0.6) is 0 Å². The highest BCUT2D eigenvalue weighted by Crippen LogP contribution is 2.19. The predicted molar refractivity (Wildman–Crippen MR) is 90.0 cm³/mol. The van der Waals surface area contributed by atoms with Gasteiger partial charge in [-0.2, -0.15) is 0 Å². The first-order valence-electron chi connectivity index (χ1n) is 8.18. The minimum absolute atomic E-state index is 0.838. The van der Waals surface area contributed by atoms with Gasteiger partial charge in [0.1, 0.15) is 0 Å². The molecule has 21 heavy (non-hydrogen) atoms. The lowest BCUT2D eigenvalue weighted by molar-refractivity contribution is 0.153. The first-order valence-corrected chi connectivity index (χ1v) is 8.18. The van der Waals surface area contributed by atoms with E-state index in [0.29, 0.717) is 0 Å². The molecule has 0 aliphatic carbocycles. The van der Waals surface area contributed by atoms with Crippen molar-refractivity contribution in [1.82, 2.24) is 9.80 Å². The highest BCUT2D eigenvalue weighted by atomic mass is 15.1. The van der Waals surface area contributed by atoms with Crippen LogP contribution in [0.25, 0.3) is 0 Å². The number of hydrogen-bond donors (Lipinski definition) is 0. The fourth-order valence-corrected chi connectivity index (χ4v) is 2.99. The molecule has 1 aliphatic rings. The van der Waals surface area contributed by atoms with E-state index < -0.39 is 0 Å². The van der Waals surface area contributed by atoms with Crippen LogP contribution in [0.3, 0.4) is 0 Å². The van der Waals surface area contributed by atoms with Crippen LogP contribution in [-0.4, -0.2) is 43.0 Å². The Kier molecular flexibility index (Phi) is 6.79. The molecule has 2 heteroatoms. The summed E-state index contributed by atoms with van der Waals surface area (Å²) in [6, 6.07) is 10.8. The second kappa shape index (κ2) is 8.87. The second-order valence-electron chi connectivity index (χ2n) is 6.11. The Labute approximate surface area is 130 Å². The molecule has 1 aromatic rings. The highest BCUT2D eigenvalue weighted by molar-refractivity contribution is 5.14. The molecule has 1 saturated heterocycles. The van der Waals surface area contributed by atoms with Crippen LogP contribution >= 0.6 is 0 Å². The van der Waals surface area contributed by atoms with E-state index in [4.69, 9.17) is 0 Å². The van der Waals surface area contributed by atoms with Gasteiger partial charge in [0.25, 0.3) is 0 Å². The number of nitrogens with zero attached hydrogens (tertiary/aromatic N) is 2. The molecular weight excluding hydrogens is 256 g/mol. The molecule has 114 valence electrons. The van der Waals surface area contributed by atoms with E-state index >= 15 is 0 Å². The van der Waals surface area contributed by atoms with Crippen LogP contribution in [0, 0.1) is 17.8 Å². The molecule has 2 nitrogen and oxygen atoms in total. The van der Waals surface area contributed by atoms with Crippen molar-refractivity contribution in [2.24, 2.45) is 5.92 Å². The van der Waals surface area contributed by atoms with Crippen molar-refractivity contribution in [3.8, 4) is 11.8 Å². The van der Waals surface area contributed by atoms with Crippen molar-refractivity contribution in [2.45, 2.75) is 32.7 Å². The van der Waals surface area contributed by atoms with E-state index in [1.54, 1.807) is 0 Å². The summed E-state index contributed by atoms with van der Waals surface area (Å²) >= 11 is 0. The fraction of sp³-hybridized carbons (Fsp3) is 0.579. The standard InChI is InChI=1S/C19H28N2/c1-3-4-8-13-20(2)16-19-11-14-21(15-12-19)17-18-9-6-5-7-10-18/h5-7,9-10,19H,3,11-17H2,1-2H3. The fourth-order valence-electron chi connectivity index (χ4n) is 2.99. The van der Waals surface area contributed by atoms with Crippen molar-refractivity contribution >= 4 is 0 Å². The van der Waals surface area contributed by atoms with Gasteiger partial charge in [0.2, 0.25) is 0 Å². The molecule has 1 heterocycles. The zero-order chi connectivity index (χ0) is 14.9. The first kappa shape index (κ1) is 16.1. The predicted octanol–water partition coefficient (Wildman–Crippen LogP) is 3.24. The molecule has 1 aromatic carbocycles. The van der Waals surface area contributed by atoms with Gasteiger partial charge in [0, 0.05) is 19.5 Å². The molecule has 0 radical (unpaired) electrons. The molecule has 0 unspecified atom stereocenters. The van der Waals surface area contributed by atoms with Gasteiger partial charge in [0.15, 0.2) is 0 Å². The summed E-state index contributed by atoms with van der Waals surface area (Å²) in [6.07, 6.45) is 3.60. The van der Waals surface area contributed by atoms with Gasteiger partial charge in [-0.15, -0.1) is 5.92 Å². The number of benzene rings is 1. The van der Waals surface area contributed by atoms with Crippen molar-refractivity contribution < 1.29 is 0 Å². The van der Waals surface area contributed by atoms with E-state index in [-0.39, 0.29) is 0 Å². The Hall–Kier alpha value is -1.30. The Balaban J connectivity index is 1.68. The van der Waals surface area contributed by atoms with Crippen molar-refractivity contribution in [3.63, 3.8) is 0 Å². The molecule has 1 aliphatic heterocycles. The molecular formula is C19H28N2. The van der Waals surface area contributed by atoms with Gasteiger partial charge in [-0.3, -0.25) is 9.80 Å². The molecule has 0 spiro atoms. The summed E-state index contributed by atoms with van der Waals surface area (Å²) in [6.45, 7) is 7.78. The summed E-state index contributed by atoms with van der Waals surface area (Å²) < 4.78 is 0. The van der Waals surface area contributed by atoms with Crippen molar-refractivity contribution in [1.29, 1.82) is 0 Å². The molecule has 0 bridgehead atoms. The average molecular weight is 284 g/mol. The van der Waals surface area contributed by atoms with Crippen LogP contribution in [0.1, 0.15) is 31.7 Å². The SMILES string of the molecule is CCC#CCN(C)CC1CCN(Cc2ccccc2)CC1. The zero-order valence-corrected chi connectivity index (χ0v) is 13.5. The Morgan fingerprint density at radius 3 is 2.52 bits per heavy atom. The summed E-state index contributed by atoms with van der Waals surface area (Å²) in [5, 5.41) is 0. The summed E-state index contributed by atoms with van der Waals surface area (Å²) in [4.78, 5) is 4.96. The smallest absolute Gasteiger partial charge is 0.0599 e. The molecule has 0 amide bonds. The molecule has 1 fully saturated rings. The largest absolute Gasteiger partial charge is 0.299 e. The Bertz CT molecular complexity index is 449. The third kappa shape index (κ3) is 5.91. The zero-order valence-electron chi connectivity index (χ0n) is 13.5. The minimum atomic E-state index is 0.838. The van der Waals surface area contributed by atoms with E-state index in [9.17, 15) is 0 Å². The normalized spacial score (nSPS) is 16.7. The topological polar surface area (TPSA) is 6.48 Å². The maximum atomic E-state index is 3.23. The lowest BCUT2D eigenvalue weighted by atomic mass is 9.96. The molecule has 0 N–H and O–H groups in total. The first-order chi connectivity index (χ1) is 10.3. The lowest BCUT2D eigenvalue weighted by Gasteiger charge is -2.33. The Morgan fingerprint density at radius 2 is 1.86 bits per heavy atom. The van der Waals surface area contributed by atoms with E-state index in [1.165, 1.54) is 38.0 Å². The molecule has 0 saturated carbocycles. The number of rotatable bonds is 5. The third-order valence-electron chi connectivity index (χ3n) is 4.18. The summed E-state index contributed by atoms with van der Waals surface area (Å²) in [5.41, 5.74) is 1.43. The van der Waals surface area contributed by atoms with Crippen LogP contribution in [0.15, 0.2) is 30.3 Å². The van der Waals surface area contributed by atoms with Gasteiger partial charge in [-0.05, 0) is 44.5 Å². The van der Waals surface area contributed by atoms with Crippen molar-refractivity contribution in [2.75, 3.05) is 33.2 Å². The van der Waals surface area contributed by atoms with Crippen LogP contribution < -0.4 is 0 Å². The monoisotopic (exact) mass is 284 g/mol. The molecule has 0 aromatic heterocycles. The lowest BCUT2D eigenvalue weighted by Crippen LogP contribution is -2.37. The molecule has 0 atom stereocenters. The quantitative estimate of drug-likeness (QED) is 0.766. The molecule has 2 rings (SSSR count). The van der Waals surface area contributed by atoms with Gasteiger partial charge in [0.05, 0.1) is 6.54 Å². The Morgan fingerprint density at radius 1 is 1.14 bits per heavy atom. The van der Waals surface area contributed by atoms with Gasteiger partial charge < -0.3 is 0 Å². The minimum Gasteiger partial charge on any atom is -0.299 e. The van der Waals surface area contributed by atoms with Gasteiger partial charge in [-0.1, -0.05) is 43.2 Å². The van der Waals surface area contributed by atoms with Crippen LogP contribution in [0.2, 0.25) is 0 Å². The maximum absolute atomic E-state index is 3.23. The highest BCUT2D eigenvalue weighted by Gasteiger charge is 2.20. The van der Waals surface area contributed by atoms with Crippen LogP contribution in [0.4, 0.5) is 0 Å². The number of hydrogen-bond acceptors (Lipinski definition) is 2. The average Bonchev–Trinajstić information content (AvgIpc) is 2.51. The van der Waals surface area contributed by atoms with Gasteiger partial charge >= 0.3 is 0 Å². The second-order valence-corrected chi connectivity index (χ2v) is 6.11. The summed E-state index contributed by atoms with van der Waals surface area (Å²) in [5.74, 6) is 7.22. The summed E-state index contributed by atoms with van der Waals surface area (Å²) in [7, 11) is 2.20. The number of piperidine rings is 1. The van der Waals surface area contributed by atoms with Gasteiger partial charge in [-0.25, -0.2) is 0 Å². The third-order valence-corrected chi connectivity index (χ3v) is 4.18. The van der Waals surface area contributed by atoms with E-state index in [1.807, 2.05) is 0 Å². The maximum Gasteiger partial charge on any atom is 0.0599 e. The number of likely N-dealkylation sites (tertiary alicyclic amines) is 1. The van der Waals surface area contributed by atoms with E-state index in [2.05, 4.69) is 65.9 Å². The van der Waals surface area contributed by atoms with Crippen molar-refractivity contribution in [3.05, 3.63) is 35.9 Å². The van der Waals surface area contributed by atoms with Crippen LogP contribution in [-0.2, 0) is 6.54 Å².